The Morgan fingerprint density at radius 2 is 1.09 bits per heavy atom. The van der Waals surface area contributed by atoms with Crippen LogP contribution in [0.3, 0.4) is 0 Å². The van der Waals surface area contributed by atoms with Crippen molar-refractivity contribution in [2.75, 3.05) is 0 Å². The van der Waals surface area contributed by atoms with Crippen molar-refractivity contribution < 1.29 is 9.31 Å². The highest BCUT2D eigenvalue weighted by Crippen LogP contribution is 2.29. The molecule has 0 N–H and O–H groups in total. The van der Waals surface area contributed by atoms with Gasteiger partial charge in [0, 0.05) is 16.7 Å². The van der Waals surface area contributed by atoms with Gasteiger partial charge in [-0.25, -0.2) is 15.0 Å². The largest absolute Gasteiger partial charge is 0.563 e. The van der Waals surface area contributed by atoms with Crippen LogP contribution in [0.25, 0.3) is 34.2 Å². The zero-order chi connectivity index (χ0) is 22.1. The molecule has 1 aromatic heterocycles. The van der Waals surface area contributed by atoms with Crippen LogP contribution in [0.1, 0.15) is 13.8 Å². The van der Waals surface area contributed by atoms with Gasteiger partial charge in [0.1, 0.15) is 5.60 Å². The number of nitrogens with zero attached hydrogens (tertiary/aromatic N) is 3. The molecule has 0 unspecified atom stereocenters. The summed E-state index contributed by atoms with van der Waals surface area (Å²) in [5, 5.41) is 0. The first kappa shape index (κ1) is 20.2. The Labute approximate surface area is 188 Å². The molecular weight excluding hydrogens is 397 g/mol. The first-order valence-electron chi connectivity index (χ1n) is 10.5. The standard InChI is InChI=1S/C26H22BN3O2/c1-18-26(2,3)32-27(31-18)22-16-14-21(15-17-22)25-29-23(19-10-6-4-7-11-19)28-24(30-25)20-12-8-5-9-13-20/h4-17H,1H2,2-3H3. The molecule has 1 fully saturated rings. The van der Waals surface area contributed by atoms with Crippen LogP contribution < -0.4 is 5.46 Å². The van der Waals surface area contributed by atoms with Crippen LogP contribution >= 0.6 is 0 Å². The predicted octanol–water partition coefficient (Wildman–Crippen LogP) is 4.91. The van der Waals surface area contributed by atoms with Crippen LogP contribution in [0.2, 0.25) is 0 Å². The molecule has 156 valence electrons. The summed E-state index contributed by atoms with van der Waals surface area (Å²) >= 11 is 0. The molecule has 6 heteroatoms. The van der Waals surface area contributed by atoms with Crippen molar-refractivity contribution in [3.05, 3.63) is 97.3 Å². The highest BCUT2D eigenvalue weighted by Gasteiger charge is 2.42. The predicted molar refractivity (Wildman–Crippen MR) is 127 cm³/mol. The third kappa shape index (κ3) is 3.93. The van der Waals surface area contributed by atoms with Gasteiger partial charge in [0.25, 0.3) is 0 Å². The Morgan fingerprint density at radius 1 is 0.656 bits per heavy atom. The van der Waals surface area contributed by atoms with Crippen molar-refractivity contribution in [3.63, 3.8) is 0 Å². The minimum atomic E-state index is -0.507. The fraction of sp³-hybridized carbons (Fsp3) is 0.115. The van der Waals surface area contributed by atoms with E-state index in [1.165, 1.54) is 0 Å². The summed E-state index contributed by atoms with van der Waals surface area (Å²) in [7, 11) is -0.468. The molecule has 0 atom stereocenters. The summed E-state index contributed by atoms with van der Waals surface area (Å²) in [6.07, 6.45) is 0. The zero-order valence-electron chi connectivity index (χ0n) is 18.0. The maximum atomic E-state index is 5.98. The van der Waals surface area contributed by atoms with Gasteiger partial charge in [0.2, 0.25) is 0 Å². The molecule has 1 aliphatic heterocycles. The van der Waals surface area contributed by atoms with Gasteiger partial charge in [-0.05, 0) is 19.3 Å². The Hall–Kier alpha value is -3.77. The molecule has 2 heterocycles. The molecule has 1 aliphatic rings. The number of hydrogen-bond acceptors (Lipinski definition) is 5. The second-order valence-electron chi connectivity index (χ2n) is 8.16. The highest BCUT2D eigenvalue weighted by atomic mass is 16.7. The van der Waals surface area contributed by atoms with Crippen LogP contribution in [0.15, 0.2) is 97.3 Å². The summed E-state index contributed by atoms with van der Waals surface area (Å²) in [5.74, 6) is 2.52. The first-order chi connectivity index (χ1) is 15.5. The van der Waals surface area contributed by atoms with Crippen molar-refractivity contribution in [2.24, 2.45) is 0 Å². The molecule has 4 aromatic rings. The van der Waals surface area contributed by atoms with E-state index >= 15 is 0 Å². The second kappa shape index (κ2) is 8.06. The molecule has 0 amide bonds. The maximum absolute atomic E-state index is 5.98. The Morgan fingerprint density at radius 3 is 1.50 bits per heavy atom. The molecule has 5 rings (SSSR count). The second-order valence-corrected chi connectivity index (χ2v) is 8.16. The van der Waals surface area contributed by atoms with E-state index in [1.807, 2.05) is 98.8 Å². The van der Waals surface area contributed by atoms with Crippen molar-refractivity contribution in [3.8, 4) is 34.2 Å². The van der Waals surface area contributed by atoms with Gasteiger partial charge in [-0.3, -0.25) is 0 Å². The lowest BCUT2D eigenvalue weighted by Gasteiger charge is -2.15. The molecule has 32 heavy (non-hydrogen) atoms. The van der Waals surface area contributed by atoms with E-state index in [4.69, 9.17) is 24.3 Å². The van der Waals surface area contributed by atoms with E-state index < -0.39 is 12.7 Å². The van der Waals surface area contributed by atoms with E-state index in [0.717, 1.165) is 22.2 Å². The molecular formula is C26H22BN3O2. The average Bonchev–Trinajstić information content (AvgIpc) is 3.12. The summed E-state index contributed by atoms with van der Waals surface area (Å²) < 4.78 is 11.8. The van der Waals surface area contributed by atoms with Crippen LogP contribution in [-0.2, 0) is 9.31 Å². The quantitative estimate of drug-likeness (QED) is 0.440. The maximum Gasteiger partial charge on any atom is 0.563 e. The van der Waals surface area contributed by atoms with Gasteiger partial charge < -0.3 is 9.31 Å². The minimum absolute atomic E-state index is 0.468. The molecule has 0 bridgehead atoms. The van der Waals surface area contributed by atoms with Gasteiger partial charge >= 0.3 is 7.12 Å². The van der Waals surface area contributed by atoms with Crippen LogP contribution in [0.5, 0.6) is 0 Å². The molecule has 0 spiro atoms. The van der Waals surface area contributed by atoms with Gasteiger partial charge in [0.05, 0.1) is 5.76 Å². The smallest absolute Gasteiger partial charge is 0.534 e. The van der Waals surface area contributed by atoms with Gasteiger partial charge in [0.15, 0.2) is 17.5 Å². The first-order valence-corrected chi connectivity index (χ1v) is 10.5. The highest BCUT2D eigenvalue weighted by molar-refractivity contribution is 6.62. The average molecular weight is 419 g/mol. The topological polar surface area (TPSA) is 57.1 Å². The van der Waals surface area contributed by atoms with Crippen molar-refractivity contribution >= 4 is 12.6 Å². The molecule has 0 aliphatic carbocycles. The minimum Gasteiger partial charge on any atom is -0.534 e. The SMILES string of the molecule is C=C1OB(c2ccc(-c3nc(-c4ccccc4)nc(-c4ccccc4)n3)cc2)OC1(C)C. The Kier molecular flexibility index (Phi) is 5.07. The van der Waals surface area contributed by atoms with Gasteiger partial charge in [-0.15, -0.1) is 0 Å². The molecule has 1 saturated heterocycles. The number of hydrogen-bond donors (Lipinski definition) is 0. The van der Waals surface area contributed by atoms with E-state index in [0.29, 0.717) is 23.2 Å². The summed E-state index contributed by atoms with van der Waals surface area (Å²) in [6.45, 7) is 7.85. The van der Waals surface area contributed by atoms with E-state index in [1.54, 1.807) is 0 Å². The monoisotopic (exact) mass is 419 g/mol. The molecule has 0 saturated carbocycles. The third-order valence-electron chi connectivity index (χ3n) is 5.46. The van der Waals surface area contributed by atoms with Crippen molar-refractivity contribution in [1.82, 2.24) is 15.0 Å². The Balaban J connectivity index is 1.53. The third-order valence-corrected chi connectivity index (χ3v) is 5.46. The van der Waals surface area contributed by atoms with Gasteiger partial charge in [-0.2, -0.15) is 0 Å². The fourth-order valence-electron chi connectivity index (χ4n) is 3.49. The van der Waals surface area contributed by atoms with Gasteiger partial charge in [-0.1, -0.05) is 91.5 Å². The van der Waals surface area contributed by atoms with Crippen LogP contribution in [0.4, 0.5) is 0 Å². The number of rotatable bonds is 4. The van der Waals surface area contributed by atoms with E-state index in [2.05, 4.69) is 6.58 Å². The number of aromatic nitrogens is 3. The summed E-state index contributed by atoms with van der Waals surface area (Å²) in [6, 6.07) is 27.8. The lowest BCUT2D eigenvalue weighted by molar-refractivity contribution is 0.173. The van der Waals surface area contributed by atoms with Crippen LogP contribution in [0, 0.1) is 0 Å². The summed E-state index contributed by atoms with van der Waals surface area (Å²) in [5.41, 5.74) is 3.19. The fourth-order valence-corrected chi connectivity index (χ4v) is 3.49. The van der Waals surface area contributed by atoms with Crippen molar-refractivity contribution in [1.29, 1.82) is 0 Å². The zero-order valence-corrected chi connectivity index (χ0v) is 18.0. The molecule has 5 nitrogen and oxygen atoms in total. The summed E-state index contributed by atoms with van der Waals surface area (Å²) in [4.78, 5) is 14.3. The lowest BCUT2D eigenvalue weighted by atomic mass is 9.79. The lowest BCUT2D eigenvalue weighted by Crippen LogP contribution is -2.34. The van der Waals surface area contributed by atoms with Crippen LogP contribution in [-0.4, -0.2) is 27.7 Å². The van der Waals surface area contributed by atoms with E-state index in [9.17, 15) is 0 Å². The number of benzene rings is 3. The molecule has 0 radical (unpaired) electrons. The van der Waals surface area contributed by atoms with Crippen molar-refractivity contribution in [2.45, 2.75) is 19.4 Å². The van der Waals surface area contributed by atoms with E-state index in [-0.39, 0.29) is 0 Å². The Bertz CT molecular complexity index is 1200. The molecule has 3 aromatic carbocycles. The normalized spacial score (nSPS) is 14.9.